The molecule has 0 radical (unpaired) electrons. The standard InChI is InChI=1S/C32H54O3/c1-8-35-29(33)20-32(34)19-18-31(7)26(23(32)5)13-12-24-27-15-14-25(22(4)11-9-10-21(2)3)30(27,6)17-16-28(24)31/h12,21-23,25-28,34H,8-11,13-20H2,1-7H3/t22-,23+,25-,26+,27+,28+,30-,31+,32-/m1/s1. The highest BCUT2D eigenvalue weighted by Crippen LogP contribution is 2.68. The number of rotatable bonds is 8. The lowest BCUT2D eigenvalue weighted by molar-refractivity contribution is -0.166. The molecular weight excluding hydrogens is 432 g/mol. The number of esters is 1. The van der Waals surface area contributed by atoms with Gasteiger partial charge in [-0.15, -0.1) is 0 Å². The van der Waals surface area contributed by atoms with Gasteiger partial charge in [-0.2, -0.15) is 0 Å². The molecule has 0 aromatic rings. The summed E-state index contributed by atoms with van der Waals surface area (Å²) in [5.41, 5.74) is 1.58. The van der Waals surface area contributed by atoms with Gasteiger partial charge in [0.1, 0.15) is 0 Å². The summed E-state index contributed by atoms with van der Waals surface area (Å²) in [5, 5.41) is 11.6. The van der Waals surface area contributed by atoms with Crippen LogP contribution in [-0.2, 0) is 9.53 Å². The third-order valence-corrected chi connectivity index (χ3v) is 11.9. The predicted molar refractivity (Wildman–Crippen MR) is 144 cm³/mol. The Balaban J connectivity index is 1.50. The van der Waals surface area contributed by atoms with Gasteiger partial charge in [0.15, 0.2) is 0 Å². The fourth-order valence-electron chi connectivity index (χ4n) is 9.74. The van der Waals surface area contributed by atoms with Gasteiger partial charge in [-0.3, -0.25) is 4.79 Å². The molecule has 4 rings (SSSR count). The zero-order chi connectivity index (χ0) is 25.6. The average molecular weight is 487 g/mol. The number of carbonyl (C=O) groups is 1. The zero-order valence-electron chi connectivity index (χ0n) is 23.9. The fraction of sp³-hybridized carbons (Fsp3) is 0.906. The van der Waals surface area contributed by atoms with Crippen molar-refractivity contribution in [3.63, 3.8) is 0 Å². The van der Waals surface area contributed by atoms with E-state index in [1.54, 1.807) is 5.57 Å². The molecule has 0 spiro atoms. The summed E-state index contributed by atoms with van der Waals surface area (Å²) < 4.78 is 5.22. The van der Waals surface area contributed by atoms with Crippen LogP contribution in [0.5, 0.6) is 0 Å². The lowest BCUT2D eigenvalue weighted by Gasteiger charge is -2.61. The number of aliphatic hydroxyl groups is 1. The van der Waals surface area contributed by atoms with Gasteiger partial charge in [-0.25, -0.2) is 0 Å². The Hall–Kier alpha value is -0.830. The van der Waals surface area contributed by atoms with E-state index in [1.165, 1.54) is 44.9 Å². The minimum absolute atomic E-state index is 0.120. The molecule has 0 aliphatic heterocycles. The monoisotopic (exact) mass is 486 g/mol. The lowest BCUT2D eigenvalue weighted by atomic mass is 9.44. The first-order valence-corrected chi connectivity index (χ1v) is 15.0. The smallest absolute Gasteiger partial charge is 0.308 e. The second kappa shape index (κ2) is 10.1. The van der Waals surface area contributed by atoms with Crippen LogP contribution in [0.1, 0.15) is 119 Å². The first-order valence-electron chi connectivity index (χ1n) is 15.0. The van der Waals surface area contributed by atoms with Crippen molar-refractivity contribution in [1.29, 1.82) is 0 Å². The van der Waals surface area contributed by atoms with E-state index in [9.17, 15) is 9.90 Å². The van der Waals surface area contributed by atoms with Crippen LogP contribution in [0.25, 0.3) is 0 Å². The lowest BCUT2D eigenvalue weighted by Crippen LogP contribution is -2.57. The van der Waals surface area contributed by atoms with E-state index < -0.39 is 5.60 Å². The molecule has 3 heteroatoms. The van der Waals surface area contributed by atoms with Crippen LogP contribution in [-0.4, -0.2) is 23.3 Å². The SMILES string of the molecule is CCOC(=O)C[C@]1(O)CC[C@]2(C)[C@H]3CC[C@]4(C)[C@@H]([C@H](C)CCCC(C)C)CC[C@H]4C3=CC[C@H]2[C@@H]1C. The van der Waals surface area contributed by atoms with Crippen molar-refractivity contribution in [2.75, 3.05) is 6.61 Å². The van der Waals surface area contributed by atoms with Gasteiger partial charge in [0.2, 0.25) is 0 Å². The average Bonchev–Trinajstić information content (AvgIpc) is 3.14. The molecule has 0 saturated heterocycles. The van der Waals surface area contributed by atoms with Crippen LogP contribution >= 0.6 is 0 Å². The molecular formula is C32H54O3. The number of hydrogen-bond donors (Lipinski definition) is 1. The molecule has 200 valence electrons. The van der Waals surface area contributed by atoms with E-state index in [4.69, 9.17) is 4.74 Å². The summed E-state index contributed by atoms with van der Waals surface area (Å²) in [5.74, 6) is 4.25. The van der Waals surface area contributed by atoms with Gasteiger partial charge in [0.05, 0.1) is 18.6 Å². The van der Waals surface area contributed by atoms with Crippen molar-refractivity contribution in [2.24, 2.45) is 52.3 Å². The van der Waals surface area contributed by atoms with E-state index in [2.05, 4.69) is 47.6 Å². The first-order chi connectivity index (χ1) is 16.5. The van der Waals surface area contributed by atoms with Gasteiger partial charge in [0.25, 0.3) is 0 Å². The Morgan fingerprint density at radius 1 is 1.06 bits per heavy atom. The van der Waals surface area contributed by atoms with E-state index in [1.807, 2.05) is 6.92 Å². The summed E-state index contributed by atoms with van der Waals surface area (Å²) in [6, 6.07) is 0. The van der Waals surface area contributed by atoms with Gasteiger partial charge in [-0.1, -0.05) is 72.5 Å². The zero-order valence-corrected chi connectivity index (χ0v) is 23.9. The van der Waals surface area contributed by atoms with Crippen LogP contribution in [0, 0.1) is 52.3 Å². The van der Waals surface area contributed by atoms with E-state index >= 15 is 0 Å². The molecule has 0 amide bonds. The number of ether oxygens (including phenoxy) is 1. The quantitative estimate of drug-likeness (QED) is 0.280. The molecule has 3 nitrogen and oxygen atoms in total. The minimum atomic E-state index is -0.922. The van der Waals surface area contributed by atoms with Crippen molar-refractivity contribution in [1.82, 2.24) is 0 Å². The summed E-state index contributed by atoms with van der Waals surface area (Å²) in [6.45, 7) is 16.9. The molecule has 0 bridgehead atoms. The highest BCUT2D eigenvalue weighted by atomic mass is 16.5. The second-order valence-corrected chi connectivity index (χ2v) is 14.1. The van der Waals surface area contributed by atoms with Crippen LogP contribution in [0.15, 0.2) is 11.6 Å². The van der Waals surface area contributed by atoms with E-state index in [-0.39, 0.29) is 23.7 Å². The maximum Gasteiger partial charge on any atom is 0.308 e. The minimum Gasteiger partial charge on any atom is -0.466 e. The Bertz CT molecular complexity index is 801. The molecule has 3 fully saturated rings. The number of hydrogen-bond acceptors (Lipinski definition) is 3. The molecule has 1 N–H and O–H groups in total. The van der Waals surface area contributed by atoms with Gasteiger partial charge in [0, 0.05) is 0 Å². The number of carbonyl (C=O) groups excluding carboxylic acids is 1. The first kappa shape index (κ1) is 27.2. The van der Waals surface area contributed by atoms with Crippen LogP contribution in [0.3, 0.4) is 0 Å². The molecule has 0 unspecified atom stereocenters. The van der Waals surface area contributed by atoms with Crippen molar-refractivity contribution >= 4 is 5.97 Å². The highest BCUT2D eigenvalue weighted by Gasteiger charge is 2.61. The maximum atomic E-state index is 12.3. The molecule has 4 aliphatic carbocycles. The van der Waals surface area contributed by atoms with Crippen LogP contribution in [0.4, 0.5) is 0 Å². The van der Waals surface area contributed by atoms with Crippen molar-refractivity contribution < 1.29 is 14.6 Å². The maximum absolute atomic E-state index is 12.3. The van der Waals surface area contributed by atoms with Crippen molar-refractivity contribution in [3.8, 4) is 0 Å². The van der Waals surface area contributed by atoms with Gasteiger partial charge < -0.3 is 9.84 Å². The number of allylic oxidation sites excluding steroid dienone is 2. The summed E-state index contributed by atoms with van der Waals surface area (Å²) in [4.78, 5) is 12.3. The molecule has 0 heterocycles. The molecule has 0 aromatic heterocycles. The molecule has 4 aliphatic rings. The Morgan fingerprint density at radius 2 is 1.77 bits per heavy atom. The topological polar surface area (TPSA) is 46.5 Å². The predicted octanol–water partition coefficient (Wildman–Crippen LogP) is 7.96. The third kappa shape index (κ3) is 4.77. The fourth-order valence-corrected chi connectivity index (χ4v) is 9.74. The molecule has 9 atom stereocenters. The van der Waals surface area contributed by atoms with E-state index in [0.29, 0.717) is 23.9 Å². The van der Waals surface area contributed by atoms with Crippen molar-refractivity contribution in [3.05, 3.63) is 11.6 Å². The molecule has 3 saturated carbocycles. The Kier molecular flexibility index (Phi) is 7.89. The number of fused-ring (bicyclic) bond motifs is 5. The van der Waals surface area contributed by atoms with Gasteiger partial charge >= 0.3 is 5.97 Å². The van der Waals surface area contributed by atoms with E-state index in [0.717, 1.165) is 42.9 Å². The largest absolute Gasteiger partial charge is 0.466 e. The molecule has 0 aromatic carbocycles. The molecule has 35 heavy (non-hydrogen) atoms. The summed E-state index contributed by atoms with van der Waals surface area (Å²) in [7, 11) is 0. The van der Waals surface area contributed by atoms with Crippen LogP contribution < -0.4 is 0 Å². The van der Waals surface area contributed by atoms with Crippen molar-refractivity contribution in [2.45, 2.75) is 125 Å². The summed E-state index contributed by atoms with van der Waals surface area (Å²) in [6.07, 6.45) is 15.2. The summed E-state index contributed by atoms with van der Waals surface area (Å²) >= 11 is 0. The van der Waals surface area contributed by atoms with Crippen LogP contribution in [0.2, 0.25) is 0 Å². The highest BCUT2D eigenvalue weighted by molar-refractivity contribution is 5.70. The Labute approximate surface area is 215 Å². The third-order valence-electron chi connectivity index (χ3n) is 11.9. The normalized spacial score (nSPS) is 43.7. The van der Waals surface area contributed by atoms with Gasteiger partial charge in [-0.05, 0) is 104 Å². The second-order valence-electron chi connectivity index (χ2n) is 14.1. The Morgan fingerprint density at radius 3 is 2.46 bits per heavy atom.